The minimum Gasteiger partial charge on any atom is -0.382 e. The van der Waals surface area contributed by atoms with Crippen molar-refractivity contribution < 1.29 is 4.74 Å². The fourth-order valence-corrected chi connectivity index (χ4v) is 1.79. The molecule has 0 spiro atoms. The van der Waals surface area contributed by atoms with E-state index in [0.29, 0.717) is 0 Å². The van der Waals surface area contributed by atoms with E-state index in [9.17, 15) is 0 Å². The zero-order valence-corrected chi connectivity index (χ0v) is 12.0. The molecule has 0 bridgehead atoms. The van der Waals surface area contributed by atoms with E-state index in [1.54, 1.807) is 0 Å². The highest BCUT2D eigenvalue weighted by Crippen LogP contribution is 2.31. The first-order valence-electron chi connectivity index (χ1n) is 7.46. The number of hydrogen-bond donors (Lipinski definition) is 2. The van der Waals surface area contributed by atoms with E-state index in [-0.39, 0.29) is 0 Å². The third-order valence-electron chi connectivity index (χ3n) is 3.06. The van der Waals surface area contributed by atoms with Gasteiger partial charge in [-0.2, -0.15) is 0 Å². The molecule has 18 heavy (non-hydrogen) atoms. The summed E-state index contributed by atoms with van der Waals surface area (Å²) in [5.41, 5.74) is 0. The van der Waals surface area contributed by atoms with Gasteiger partial charge in [0.2, 0.25) is 0 Å². The second-order valence-electron chi connectivity index (χ2n) is 4.82. The maximum absolute atomic E-state index is 5.31. The van der Waals surface area contributed by atoms with Gasteiger partial charge in [-0.3, -0.25) is 4.99 Å². The zero-order chi connectivity index (χ0) is 13.1. The van der Waals surface area contributed by atoms with Crippen LogP contribution in [0.5, 0.6) is 0 Å². The average molecular weight is 255 g/mol. The fraction of sp³-hybridized carbons (Fsp3) is 0.929. The Morgan fingerprint density at radius 2 is 2.06 bits per heavy atom. The van der Waals surface area contributed by atoms with Gasteiger partial charge in [-0.05, 0) is 39.0 Å². The van der Waals surface area contributed by atoms with Crippen LogP contribution in [0.2, 0.25) is 0 Å². The van der Waals surface area contributed by atoms with Gasteiger partial charge in [0.05, 0.1) is 0 Å². The molecule has 1 saturated carbocycles. The lowest BCUT2D eigenvalue weighted by molar-refractivity contribution is 0.144. The smallest absolute Gasteiger partial charge is 0.191 e. The van der Waals surface area contributed by atoms with Crippen molar-refractivity contribution in [3.63, 3.8) is 0 Å². The average Bonchev–Trinajstić information content (AvgIpc) is 3.17. The molecule has 2 N–H and O–H groups in total. The molecule has 4 heteroatoms. The summed E-state index contributed by atoms with van der Waals surface area (Å²) in [5.74, 6) is 1.95. The number of unbranched alkanes of at least 4 members (excludes halogenated alkanes) is 1. The van der Waals surface area contributed by atoms with Gasteiger partial charge in [0.25, 0.3) is 0 Å². The van der Waals surface area contributed by atoms with Crippen molar-refractivity contribution in [3.8, 4) is 0 Å². The molecule has 1 aliphatic carbocycles. The Hall–Kier alpha value is -0.770. The first-order chi connectivity index (χ1) is 8.86. The lowest BCUT2D eigenvalue weighted by Crippen LogP contribution is -2.38. The number of ether oxygens (including phenoxy) is 1. The molecule has 0 aromatic heterocycles. The van der Waals surface area contributed by atoms with Crippen LogP contribution in [0.3, 0.4) is 0 Å². The molecule has 0 aromatic rings. The van der Waals surface area contributed by atoms with Crippen LogP contribution in [0.25, 0.3) is 0 Å². The summed E-state index contributed by atoms with van der Waals surface area (Å²) >= 11 is 0. The Bertz CT molecular complexity index is 227. The maximum Gasteiger partial charge on any atom is 0.191 e. The van der Waals surface area contributed by atoms with Crippen molar-refractivity contribution in [3.05, 3.63) is 0 Å². The third kappa shape index (κ3) is 8.34. The van der Waals surface area contributed by atoms with Crippen LogP contribution in [0.15, 0.2) is 4.99 Å². The molecule has 0 heterocycles. The predicted octanol–water partition coefficient (Wildman–Crippen LogP) is 2.16. The Balaban J connectivity index is 2.05. The van der Waals surface area contributed by atoms with Crippen molar-refractivity contribution in [1.82, 2.24) is 10.6 Å². The summed E-state index contributed by atoms with van der Waals surface area (Å²) in [5, 5.41) is 6.69. The molecule has 0 amide bonds. The molecule has 0 saturated heterocycles. The molecule has 4 nitrogen and oxygen atoms in total. The fourth-order valence-electron chi connectivity index (χ4n) is 1.79. The number of nitrogens with one attached hydrogen (secondary N) is 2. The van der Waals surface area contributed by atoms with Gasteiger partial charge >= 0.3 is 0 Å². The number of hydrogen-bond acceptors (Lipinski definition) is 2. The Kier molecular flexibility index (Phi) is 8.65. The maximum atomic E-state index is 5.31. The summed E-state index contributed by atoms with van der Waals surface area (Å²) in [7, 11) is 0. The highest BCUT2D eigenvalue weighted by Gasteiger charge is 2.20. The summed E-state index contributed by atoms with van der Waals surface area (Å²) in [6.45, 7) is 8.67. The Morgan fingerprint density at radius 3 is 2.72 bits per heavy atom. The van der Waals surface area contributed by atoms with Gasteiger partial charge in [-0.25, -0.2) is 0 Å². The van der Waals surface area contributed by atoms with Crippen molar-refractivity contribution in [2.45, 2.75) is 46.0 Å². The number of rotatable bonds is 10. The quantitative estimate of drug-likeness (QED) is 0.357. The van der Waals surface area contributed by atoms with Gasteiger partial charge in [0.15, 0.2) is 5.96 Å². The highest BCUT2D eigenvalue weighted by atomic mass is 16.5. The summed E-state index contributed by atoms with van der Waals surface area (Å²) < 4.78 is 5.31. The van der Waals surface area contributed by atoms with Crippen LogP contribution >= 0.6 is 0 Å². The third-order valence-corrected chi connectivity index (χ3v) is 3.06. The second-order valence-corrected chi connectivity index (χ2v) is 4.82. The minimum atomic E-state index is 0.814. The van der Waals surface area contributed by atoms with E-state index in [2.05, 4.69) is 22.5 Å². The van der Waals surface area contributed by atoms with Crippen molar-refractivity contribution in [2.24, 2.45) is 10.9 Å². The topological polar surface area (TPSA) is 45.7 Å². The molecule has 0 radical (unpaired) electrons. The van der Waals surface area contributed by atoms with E-state index in [4.69, 9.17) is 4.74 Å². The molecule has 0 unspecified atom stereocenters. The molecule has 0 aliphatic heterocycles. The first-order valence-corrected chi connectivity index (χ1v) is 7.46. The van der Waals surface area contributed by atoms with Crippen molar-refractivity contribution >= 4 is 5.96 Å². The SMILES string of the molecule is CCNC(=NCCCCOCC)NCCC1CC1. The van der Waals surface area contributed by atoms with Crippen molar-refractivity contribution in [1.29, 1.82) is 0 Å². The summed E-state index contributed by atoms with van der Waals surface area (Å²) in [6, 6.07) is 0. The first kappa shape index (κ1) is 15.3. The highest BCUT2D eigenvalue weighted by molar-refractivity contribution is 5.79. The van der Waals surface area contributed by atoms with Crippen molar-refractivity contribution in [2.75, 3.05) is 32.8 Å². The van der Waals surface area contributed by atoms with Gasteiger partial charge < -0.3 is 15.4 Å². The Morgan fingerprint density at radius 1 is 1.22 bits per heavy atom. The molecular formula is C14H29N3O. The van der Waals surface area contributed by atoms with Gasteiger partial charge in [-0.15, -0.1) is 0 Å². The lowest BCUT2D eigenvalue weighted by Gasteiger charge is -2.10. The van der Waals surface area contributed by atoms with Crippen LogP contribution in [0.1, 0.15) is 46.0 Å². The standard InChI is InChI=1S/C14H29N3O/c1-3-15-14(17-11-9-13-7-8-13)16-10-5-6-12-18-4-2/h13H,3-12H2,1-2H3,(H2,15,16,17). The van der Waals surface area contributed by atoms with Crippen LogP contribution in [0.4, 0.5) is 0 Å². The summed E-state index contributed by atoms with van der Waals surface area (Å²) in [6.07, 6.45) is 6.33. The van der Waals surface area contributed by atoms with Gasteiger partial charge in [0, 0.05) is 32.8 Å². The molecule has 1 aliphatic rings. The molecule has 1 rings (SSSR count). The van der Waals surface area contributed by atoms with Crippen LogP contribution in [-0.4, -0.2) is 38.8 Å². The molecule has 0 atom stereocenters. The van der Waals surface area contributed by atoms with Gasteiger partial charge in [-0.1, -0.05) is 12.8 Å². The zero-order valence-electron chi connectivity index (χ0n) is 12.0. The number of guanidine groups is 1. The predicted molar refractivity (Wildman–Crippen MR) is 77.0 cm³/mol. The second kappa shape index (κ2) is 10.2. The largest absolute Gasteiger partial charge is 0.382 e. The van der Waals surface area contributed by atoms with Crippen LogP contribution in [-0.2, 0) is 4.74 Å². The van der Waals surface area contributed by atoms with Crippen LogP contribution < -0.4 is 10.6 Å². The number of nitrogens with zero attached hydrogens (tertiary/aromatic N) is 1. The lowest BCUT2D eigenvalue weighted by atomic mass is 10.3. The van der Waals surface area contributed by atoms with Gasteiger partial charge in [0.1, 0.15) is 0 Å². The van der Waals surface area contributed by atoms with E-state index in [1.165, 1.54) is 19.3 Å². The van der Waals surface area contributed by atoms with E-state index in [0.717, 1.165) is 57.6 Å². The Labute approximate surface area is 112 Å². The monoisotopic (exact) mass is 255 g/mol. The molecular weight excluding hydrogens is 226 g/mol. The minimum absolute atomic E-state index is 0.814. The van der Waals surface area contributed by atoms with E-state index >= 15 is 0 Å². The summed E-state index contributed by atoms with van der Waals surface area (Å²) in [4.78, 5) is 4.57. The molecule has 106 valence electrons. The van der Waals surface area contributed by atoms with E-state index < -0.39 is 0 Å². The molecule has 1 fully saturated rings. The molecule has 0 aromatic carbocycles. The van der Waals surface area contributed by atoms with Crippen LogP contribution in [0, 0.1) is 5.92 Å². The normalized spacial score (nSPS) is 15.8. The van der Waals surface area contributed by atoms with E-state index in [1.807, 2.05) is 6.92 Å². The number of aliphatic imine (C=N–C) groups is 1.